The van der Waals surface area contributed by atoms with Crippen molar-refractivity contribution in [1.82, 2.24) is 5.32 Å². The van der Waals surface area contributed by atoms with Crippen LogP contribution in [0.15, 0.2) is 24.3 Å². The Hall–Kier alpha value is -1.35. The van der Waals surface area contributed by atoms with Crippen LogP contribution in [-0.4, -0.2) is 26.2 Å². The van der Waals surface area contributed by atoms with Crippen LogP contribution in [-0.2, 0) is 11.2 Å². The molecule has 0 aliphatic carbocycles. The molecule has 0 saturated carbocycles. The van der Waals surface area contributed by atoms with Gasteiger partial charge in [-0.15, -0.1) is 0 Å². The summed E-state index contributed by atoms with van der Waals surface area (Å²) in [7, 11) is 1.42. The van der Waals surface area contributed by atoms with Crippen LogP contribution in [0.3, 0.4) is 0 Å². The highest BCUT2D eigenvalue weighted by Gasteiger charge is 2.13. The van der Waals surface area contributed by atoms with Crippen LogP contribution >= 0.6 is 0 Å². The first-order valence-electron chi connectivity index (χ1n) is 6.67. The molecule has 0 amide bonds. The van der Waals surface area contributed by atoms with Gasteiger partial charge in [0.2, 0.25) is 0 Å². The summed E-state index contributed by atoms with van der Waals surface area (Å²) in [5.41, 5.74) is 1.88. The maximum atomic E-state index is 11.4. The molecule has 98 valence electrons. The van der Waals surface area contributed by atoms with Crippen molar-refractivity contribution < 1.29 is 9.53 Å². The Kier molecular flexibility index (Phi) is 4.76. The molecule has 1 N–H and O–H groups in total. The van der Waals surface area contributed by atoms with Crippen LogP contribution in [0, 0.1) is 5.92 Å². The number of rotatable bonds is 4. The van der Waals surface area contributed by atoms with Crippen LogP contribution in [0.1, 0.15) is 35.2 Å². The van der Waals surface area contributed by atoms with Gasteiger partial charge in [-0.25, -0.2) is 4.79 Å². The maximum absolute atomic E-state index is 11.4. The topological polar surface area (TPSA) is 38.3 Å². The monoisotopic (exact) mass is 247 g/mol. The van der Waals surface area contributed by atoms with Gasteiger partial charge in [0.15, 0.2) is 0 Å². The normalized spacial score (nSPS) is 19.5. The molecule has 3 heteroatoms. The van der Waals surface area contributed by atoms with E-state index >= 15 is 0 Å². The van der Waals surface area contributed by atoms with E-state index in [9.17, 15) is 4.79 Å². The Morgan fingerprint density at radius 1 is 1.50 bits per heavy atom. The average Bonchev–Trinajstić information content (AvgIpc) is 2.45. The molecule has 1 saturated heterocycles. The Labute approximate surface area is 109 Å². The molecule has 1 aromatic rings. The van der Waals surface area contributed by atoms with Gasteiger partial charge in [-0.05, 0) is 62.4 Å². The van der Waals surface area contributed by atoms with E-state index in [2.05, 4.69) is 11.4 Å². The van der Waals surface area contributed by atoms with Gasteiger partial charge < -0.3 is 10.1 Å². The number of hydrogen-bond donors (Lipinski definition) is 1. The highest BCUT2D eigenvalue weighted by Crippen LogP contribution is 2.17. The van der Waals surface area contributed by atoms with Crippen molar-refractivity contribution in [2.45, 2.75) is 25.7 Å². The Balaban J connectivity index is 1.90. The van der Waals surface area contributed by atoms with Crippen molar-refractivity contribution in [2.75, 3.05) is 20.2 Å². The van der Waals surface area contributed by atoms with E-state index in [4.69, 9.17) is 4.74 Å². The molecule has 1 unspecified atom stereocenters. The fraction of sp³-hybridized carbons (Fsp3) is 0.533. The molecule has 0 aromatic heterocycles. The lowest BCUT2D eigenvalue weighted by Gasteiger charge is -2.22. The summed E-state index contributed by atoms with van der Waals surface area (Å²) in [6.07, 6.45) is 4.84. The van der Waals surface area contributed by atoms with Gasteiger partial charge in [0.1, 0.15) is 0 Å². The van der Waals surface area contributed by atoms with Crippen LogP contribution < -0.4 is 5.32 Å². The number of piperidine rings is 1. The molecule has 1 fully saturated rings. The van der Waals surface area contributed by atoms with Gasteiger partial charge in [-0.2, -0.15) is 0 Å². The Morgan fingerprint density at radius 3 is 3.11 bits per heavy atom. The lowest BCUT2D eigenvalue weighted by molar-refractivity contribution is 0.0600. The summed E-state index contributed by atoms with van der Waals surface area (Å²) < 4.78 is 4.74. The number of methoxy groups -OCH3 is 1. The van der Waals surface area contributed by atoms with Gasteiger partial charge in [0.05, 0.1) is 12.7 Å². The molecule has 1 aromatic carbocycles. The molecule has 0 bridgehead atoms. The second kappa shape index (κ2) is 6.55. The van der Waals surface area contributed by atoms with Gasteiger partial charge >= 0.3 is 5.97 Å². The van der Waals surface area contributed by atoms with Gasteiger partial charge in [-0.3, -0.25) is 0 Å². The van der Waals surface area contributed by atoms with Crippen molar-refractivity contribution >= 4 is 5.97 Å². The fourth-order valence-corrected chi connectivity index (χ4v) is 2.51. The summed E-state index contributed by atoms with van der Waals surface area (Å²) in [5.74, 6) is 0.525. The average molecular weight is 247 g/mol. The molecule has 1 aliphatic heterocycles. The summed E-state index contributed by atoms with van der Waals surface area (Å²) in [5, 5.41) is 3.44. The van der Waals surface area contributed by atoms with Crippen molar-refractivity contribution in [3.63, 3.8) is 0 Å². The van der Waals surface area contributed by atoms with Crippen molar-refractivity contribution in [1.29, 1.82) is 0 Å². The third-order valence-electron chi connectivity index (χ3n) is 3.59. The predicted octanol–water partition coefficient (Wildman–Crippen LogP) is 2.41. The number of hydrogen-bond acceptors (Lipinski definition) is 3. The van der Waals surface area contributed by atoms with E-state index in [1.54, 1.807) is 6.07 Å². The maximum Gasteiger partial charge on any atom is 0.337 e. The van der Waals surface area contributed by atoms with E-state index in [1.165, 1.54) is 31.9 Å². The summed E-state index contributed by atoms with van der Waals surface area (Å²) in [4.78, 5) is 11.4. The van der Waals surface area contributed by atoms with Crippen LogP contribution in [0.2, 0.25) is 0 Å². The number of carbonyl (C=O) groups excluding carboxylic acids is 1. The first-order valence-corrected chi connectivity index (χ1v) is 6.67. The molecule has 1 heterocycles. The van der Waals surface area contributed by atoms with Gasteiger partial charge in [0.25, 0.3) is 0 Å². The minimum atomic E-state index is -0.254. The molecule has 0 radical (unpaired) electrons. The molecular weight excluding hydrogens is 226 g/mol. The SMILES string of the molecule is COC(=O)c1cccc(CCC2CCCNC2)c1. The second-order valence-corrected chi connectivity index (χ2v) is 4.94. The number of benzene rings is 1. The van der Waals surface area contributed by atoms with Gasteiger partial charge in [-0.1, -0.05) is 12.1 Å². The Morgan fingerprint density at radius 2 is 2.39 bits per heavy atom. The lowest BCUT2D eigenvalue weighted by atomic mass is 9.92. The van der Waals surface area contributed by atoms with Gasteiger partial charge in [0, 0.05) is 0 Å². The van der Waals surface area contributed by atoms with E-state index in [0.29, 0.717) is 5.56 Å². The zero-order valence-corrected chi connectivity index (χ0v) is 10.9. The summed E-state index contributed by atoms with van der Waals surface area (Å²) in [6.45, 7) is 2.30. The predicted molar refractivity (Wildman–Crippen MR) is 71.7 cm³/mol. The first-order chi connectivity index (χ1) is 8.79. The van der Waals surface area contributed by atoms with Crippen molar-refractivity contribution in [2.24, 2.45) is 5.92 Å². The molecule has 1 atom stereocenters. The zero-order valence-electron chi connectivity index (χ0n) is 10.9. The first kappa shape index (κ1) is 13.1. The van der Waals surface area contributed by atoms with Crippen LogP contribution in [0.25, 0.3) is 0 Å². The molecular formula is C15H21NO2. The minimum Gasteiger partial charge on any atom is -0.465 e. The van der Waals surface area contributed by atoms with E-state index in [1.807, 2.05) is 12.1 Å². The largest absolute Gasteiger partial charge is 0.465 e. The van der Waals surface area contributed by atoms with Crippen molar-refractivity contribution in [3.8, 4) is 0 Å². The zero-order chi connectivity index (χ0) is 12.8. The molecule has 2 rings (SSSR count). The van der Waals surface area contributed by atoms with Crippen LogP contribution in [0.5, 0.6) is 0 Å². The van der Waals surface area contributed by atoms with E-state index < -0.39 is 0 Å². The highest BCUT2D eigenvalue weighted by molar-refractivity contribution is 5.89. The highest BCUT2D eigenvalue weighted by atomic mass is 16.5. The van der Waals surface area contributed by atoms with E-state index in [0.717, 1.165) is 25.4 Å². The van der Waals surface area contributed by atoms with Crippen LogP contribution in [0.4, 0.5) is 0 Å². The standard InChI is InChI=1S/C15H21NO2/c1-18-15(17)14-6-2-4-12(10-14)7-8-13-5-3-9-16-11-13/h2,4,6,10,13,16H,3,5,7-9,11H2,1H3. The molecule has 18 heavy (non-hydrogen) atoms. The third-order valence-corrected chi connectivity index (χ3v) is 3.59. The smallest absolute Gasteiger partial charge is 0.337 e. The number of esters is 1. The number of carbonyl (C=O) groups is 1. The number of nitrogens with one attached hydrogen (secondary N) is 1. The number of aryl methyl sites for hydroxylation is 1. The molecule has 0 spiro atoms. The summed E-state index contributed by atoms with van der Waals surface area (Å²) in [6, 6.07) is 7.77. The number of ether oxygens (including phenoxy) is 1. The Bertz CT molecular complexity index is 397. The minimum absolute atomic E-state index is 0.254. The quantitative estimate of drug-likeness (QED) is 0.830. The lowest BCUT2D eigenvalue weighted by Crippen LogP contribution is -2.29. The summed E-state index contributed by atoms with van der Waals surface area (Å²) >= 11 is 0. The molecule has 1 aliphatic rings. The third kappa shape index (κ3) is 3.57. The fourth-order valence-electron chi connectivity index (χ4n) is 2.51. The van der Waals surface area contributed by atoms with Crippen molar-refractivity contribution in [3.05, 3.63) is 35.4 Å². The van der Waals surface area contributed by atoms with E-state index in [-0.39, 0.29) is 5.97 Å². The second-order valence-electron chi connectivity index (χ2n) is 4.94. The molecule has 3 nitrogen and oxygen atoms in total.